The van der Waals surface area contributed by atoms with Crippen molar-refractivity contribution in [3.63, 3.8) is 0 Å². The Morgan fingerprint density at radius 3 is 2.33 bits per heavy atom. The van der Waals surface area contributed by atoms with Crippen LogP contribution in [0.5, 0.6) is 0 Å². The third kappa shape index (κ3) is 3.51. The van der Waals surface area contributed by atoms with Gasteiger partial charge in [0.05, 0.1) is 11.2 Å². The topological polar surface area (TPSA) is 34.6 Å². The standard InChI is InChI=1S/C22H29BN2O2/c1-16-8-11-18-7-6-14-25(20(18)24-16)15-17-9-12-19(13-10-17)23-26-21(2,3)22(4,5)27-23/h8-13H,6-7,14-15H2,1-5H3. The largest absolute Gasteiger partial charge is 0.494 e. The van der Waals surface area contributed by atoms with Crippen LogP contribution in [0, 0.1) is 6.92 Å². The molecule has 27 heavy (non-hydrogen) atoms. The zero-order chi connectivity index (χ0) is 19.2. The molecule has 0 spiro atoms. The van der Waals surface area contributed by atoms with Crippen molar-refractivity contribution in [3.8, 4) is 0 Å². The van der Waals surface area contributed by atoms with E-state index in [0.717, 1.165) is 36.5 Å². The Hall–Kier alpha value is -1.85. The normalized spacial score (nSPS) is 20.6. The van der Waals surface area contributed by atoms with Gasteiger partial charge in [0.1, 0.15) is 5.82 Å². The number of anilines is 1. The second-order valence-electron chi connectivity index (χ2n) is 8.79. The summed E-state index contributed by atoms with van der Waals surface area (Å²) in [5, 5.41) is 0. The molecule has 1 aromatic carbocycles. The molecule has 0 atom stereocenters. The molecule has 0 radical (unpaired) electrons. The first-order valence-corrected chi connectivity index (χ1v) is 9.91. The number of nitrogens with zero attached hydrogens (tertiary/aromatic N) is 2. The molecule has 0 unspecified atom stereocenters. The highest BCUT2D eigenvalue weighted by atomic mass is 16.7. The van der Waals surface area contributed by atoms with E-state index in [4.69, 9.17) is 14.3 Å². The fourth-order valence-electron chi connectivity index (χ4n) is 3.74. The smallest absolute Gasteiger partial charge is 0.399 e. The molecule has 4 nitrogen and oxygen atoms in total. The zero-order valence-electron chi connectivity index (χ0n) is 17.1. The highest BCUT2D eigenvalue weighted by molar-refractivity contribution is 6.62. The van der Waals surface area contributed by atoms with Crippen LogP contribution in [0.15, 0.2) is 36.4 Å². The molecule has 3 heterocycles. The van der Waals surface area contributed by atoms with E-state index < -0.39 is 0 Å². The van der Waals surface area contributed by atoms with Gasteiger partial charge in [-0.25, -0.2) is 4.98 Å². The van der Waals surface area contributed by atoms with Crippen molar-refractivity contribution in [2.24, 2.45) is 0 Å². The summed E-state index contributed by atoms with van der Waals surface area (Å²) < 4.78 is 12.3. The van der Waals surface area contributed by atoms with Crippen molar-refractivity contribution < 1.29 is 9.31 Å². The van der Waals surface area contributed by atoms with Crippen LogP contribution in [0.2, 0.25) is 0 Å². The fraction of sp³-hybridized carbons (Fsp3) is 0.500. The van der Waals surface area contributed by atoms with E-state index in [1.54, 1.807) is 0 Å². The van der Waals surface area contributed by atoms with Gasteiger partial charge >= 0.3 is 7.12 Å². The summed E-state index contributed by atoms with van der Waals surface area (Å²) in [5.74, 6) is 1.15. The number of fused-ring (bicyclic) bond motifs is 1. The summed E-state index contributed by atoms with van der Waals surface area (Å²) >= 11 is 0. The summed E-state index contributed by atoms with van der Waals surface area (Å²) in [4.78, 5) is 7.19. The molecule has 4 rings (SSSR count). The maximum Gasteiger partial charge on any atom is 0.494 e. The van der Waals surface area contributed by atoms with Crippen LogP contribution in [-0.2, 0) is 22.3 Å². The second-order valence-corrected chi connectivity index (χ2v) is 8.79. The quantitative estimate of drug-likeness (QED) is 0.779. The lowest BCUT2D eigenvalue weighted by molar-refractivity contribution is 0.00578. The van der Waals surface area contributed by atoms with Crippen molar-refractivity contribution in [2.45, 2.75) is 65.2 Å². The molecule has 2 aliphatic rings. The lowest BCUT2D eigenvalue weighted by atomic mass is 9.79. The molecule has 0 amide bonds. The summed E-state index contributed by atoms with van der Waals surface area (Å²) in [7, 11) is -0.302. The second kappa shape index (κ2) is 6.64. The Kier molecular flexibility index (Phi) is 4.56. The minimum Gasteiger partial charge on any atom is -0.399 e. The molecule has 1 fully saturated rings. The van der Waals surface area contributed by atoms with Crippen LogP contribution >= 0.6 is 0 Å². The van der Waals surface area contributed by atoms with Gasteiger partial charge in [0.15, 0.2) is 0 Å². The molecule has 0 saturated carbocycles. The van der Waals surface area contributed by atoms with Gasteiger partial charge in [0, 0.05) is 18.8 Å². The lowest BCUT2D eigenvalue weighted by Crippen LogP contribution is -2.41. The van der Waals surface area contributed by atoms with E-state index in [-0.39, 0.29) is 18.3 Å². The number of hydrogen-bond acceptors (Lipinski definition) is 4. The summed E-state index contributed by atoms with van der Waals surface area (Å²) in [6, 6.07) is 13.0. The predicted molar refractivity (Wildman–Crippen MR) is 111 cm³/mol. The van der Waals surface area contributed by atoms with Crippen molar-refractivity contribution in [2.75, 3.05) is 11.4 Å². The van der Waals surface area contributed by atoms with Gasteiger partial charge in [-0.05, 0) is 70.1 Å². The van der Waals surface area contributed by atoms with Crippen LogP contribution < -0.4 is 10.4 Å². The Labute approximate surface area is 163 Å². The van der Waals surface area contributed by atoms with E-state index in [9.17, 15) is 0 Å². The molecule has 0 N–H and O–H groups in total. The summed E-state index contributed by atoms with van der Waals surface area (Å²) in [5.41, 5.74) is 4.18. The SMILES string of the molecule is Cc1ccc2c(n1)N(Cc1ccc(B3OC(C)(C)C(C)(C)O3)cc1)CCC2. The Morgan fingerprint density at radius 1 is 1.00 bits per heavy atom. The third-order valence-electron chi connectivity index (χ3n) is 6.15. The summed E-state index contributed by atoms with van der Waals surface area (Å²) in [6.07, 6.45) is 2.31. The first-order chi connectivity index (χ1) is 12.7. The van der Waals surface area contributed by atoms with Crippen molar-refractivity contribution in [3.05, 3.63) is 53.2 Å². The molecule has 0 bridgehead atoms. The predicted octanol–water partition coefficient (Wildman–Crippen LogP) is 3.64. The maximum absolute atomic E-state index is 6.16. The van der Waals surface area contributed by atoms with Crippen molar-refractivity contribution in [1.29, 1.82) is 0 Å². The number of rotatable bonds is 3. The highest BCUT2D eigenvalue weighted by Crippen LogP contribution is 2.36. The van der Waals surface area contributed by atoms with Gasteiger partial charge in [-0.15, -0.1) is 0 Å². The first kappa shape index (κ1) is 18.5. The highest BCUT2D eigenvalue weighted by Gasteiger charge is 2.51. The summed E-state index contributed by atoms with van der Waals surface area (Å²) in [6.45, 7) is 12.4. The Morgan fingerprint density at radius 2 is 1.67 bits per heavy atom. The minimum absolute atomic E-state index is 0.302. The molecular formula is C22H29BN2O2. The molecule has 1 saturated heterocycles. The fourth-order valence-corrected chi connectivity index (χ4v) is 3.74. The molecule has 0 aliphatic carbocycles. The van der Waals surface area contributed by atoms with Gasteiger partial charge in [-0.3, -0.25) is 0 Å². The molecule has 142 valence electrons. The molecule has 1 aromatic heterocycles. The van der Waals surface area contributed by atoms with E-state index in [1.165, 1.54) is 17.5 Å². The van der Waals surface area contributed by atoms with Crippen LogP contribution in [0.3, 0.4) is 0 Å². The van der Waals surface area contributed by atoms with E-state index in [0.29, 0.717) is 0 Å². The number of aromatic nitrogens is 1. The van der Waals surface area contributed by atoms with E-state index >= 15 is 0 Å². The van der Waals surface area contributed by atoms with Gasteiger partial charge < -0.3 is 14.2 Å². The Balaban J connectivity index is 1.49. The van der Waals surface area contributed by atoms with Crippen LogP contribution in [0.1, 0.15) is 50.9 Å². The van der Waals surface area contributed by atoms with Gasteiger partial charge in [0.2, 0.25) is 0 Å². The molecule has 2 aromatic rings. The first-order valence-electron chi connectivity index (χ1n) is 9.91. The number of hydrogen-bond donors (Lipinski definition) is 0. The van der Waals surface area contributed by atoms with E-state index in [1.807, 2.05) is 0 Å². The average Bonchev–Trinajstić information content (AvgIpc) is 2.84. The van der Waals surface area contributed by atoms with Gasteiger partial charge in [-0.1, -0.05) is 30.3 Å². The number of aryl methyl sites for hydroxylation is 2. The number of benzene rings is 1. The van der Waals surface area contributed by atoms with Gasteiger partial charge in [-0.2, -0.15) is 0 Å². The third-order valence-corrected chi connectivity index (χ3v) is 6.15. The Bertz CT molecular complexity index is 817. The van der Waals surface area contributed by atoms with E-state index in [2.05, 4.69) is 75.9 Å². The molecule has 5 heteroatoms. The van der Waals surface area contributed by atoms with Crippen LogP contribution in [-0.4, -0.2) is 29.8 Å². The van der Waals surface area contributed by atoms with Crippen LogP contribution in [0.25, 0.3) is 0 Å². The maximum atomic E-state index is 6.16. The molecular weight excluding hydrogens is 335 g/mol. The minimum atomic E-state index is -0.308. The lowest BCUT2D eigenvalue weighted by Gasteiger charge is -2.32. The van der Waals surface area contributed by atoms with Crippen molar-refractivity contribution in [1.82, 2.24) is 4.98 Å². The van der Waals surface area contributed by atoms with Gasteiger partial charge in [0.25, 0.3) is 0 Å². The van der Waals surface area contributed by atoms with Crippen molar-refractivity contribution >= 4 is 18.4 Å². The average molecular weight is 364 g/mol. The van der Waals surface area contributed by atoms with Crippen LogP contribution in [0.4, 0.5) is 5.82 Å². The number of pyridine rings is 1. The zero-order valence-corrected chi connectivity index (χ0v) is 17.1. The molecule has 2 aliphatic heterocycles. The monoisotopic (exact) mass is 364 g/mol.